The topological polar surface area (TPSA) is 12.5 Å². The molecule has 0 radical (unpaired) electrons. The van der Waals surface area contributed by atoms with E-state index in [0.29, 0.717) is 5.92 Å². The molecule has 0 N–H and O–H groups in total. The number of fused-ring (bicyclic) bond motifs is 5. The van der Waals surface area contributed by atoms with Crippen molar-refractivity contribution in [3.05, 3.63) is 65.2 Å². The molecule has 4 rings (SSSR count). The lowest BCUT2D eigenvalue weighted by molar-refractivity contribution is 0.0657. The number of rotatable bonds is 1. The van der Waals surface area contributed by atoms with Crippen LogP contribution in [0.2, 0.25) is 0 Å². The van der Waals surface area contributed by atoms with Gasteiger partial charge < -0.3 is 9.64 Å². The van der Waals surface area contributed by atoms with Gasteiger partial charge in [-0.1, -0.05) is 36.1 Å². The van der Waals surface area contributed by atoms with Gasteiger partial charge in [0, 0.05) is 25.3 Å². The fourth-order valence-electron chi connectivity index (χ4n) is 3.39. The first-order valence-corrected chi connectivity index (χ1v) is 7.75. The maximum Gasteiger partial charge on any atom is 0.0975 e. The van der Waals surface area contributed by atoms with Crippen molar-refractivity contribution >= 4 is 5.69 Å². The molecule has 2 heteroatoms. The number of nitrogens with zero attached hydrogens (tertiary/aromatic N) is 1. The SMILES string of the molecule is CN(C)c1ccc(C#CC2C[C@H]3O[C@@H]2c2ccccc23)cc1. The Labute approximate surface area is 131 Å². The zero-order valence-electron chi connectivity index (χ0n) is 12.9. The summed E-state index contributed by atoms with van der Waals surface area (Å²) in [5.41, 5.74) is 4.96. The van der Waals surface area contributed by atoms with Crippen molar-refractivity contribution in [2.75, 3.05) is 19.0 Å². The lowest BCUT2D eigenvalue weighted by Crippen LogP contribution is -2.09. The predicted molar refractivity (Wildman–Crippen MR) is 88.8 cm³/mol. The van der Waals surface area contributed by atoms with Gasteiger partial charge in [-0.15, -0.1) is 0 Å². The molecule has 1 unspecified atom stereocenters. The average Bonchev–Trinajstić information content (AvgIpc) is 3.12. The summed E-state index contributed by atoms with van der Waals surface area (Å²) in [6.45, 7) is 0. The average molecular weight is 289 g/mol. The van der Waals surface area contributed by atoms with Crippen molar-refractivity contribution in [3.63, 3.8) is 0 Å². The van der Waals surface area contributed by atoms with Gasteiger partial charge in [0.1, 0.15) is 0 Å². The summed E-state index contributed by atoms with van der Waals surface area (Å²) in [5.74, 6) is 7.06. The Kier molecular flexibility index (Phi) is 3.17. The quantitative estimate of drug-likeness (QED) is 0.737. The molecule has 2 aliphatic heterocycles. The minimum Gasteiger partial charge on any atom is -0.378 e. The van der Waals surface area contributed by atoms with E-state index in [9.17, 15) is 0 Å². The number of hydrogen-bond donors (Lipinski definition) is 0. The normalized spacial score (nSPS) is 24.5. The van der Waals surface area contributed by atoms with Gasteiger partial charge in [0.15, 0.2) is 0 Å². The Balaban J connectivity index is 1.55. The third-order valence-electron chi connectivity index (χ3n) is 4.58. The van der Waals surface area contributed by atoms with Crippen molar-refractivity contribution in [1.82, 2.24) is 0 Å². The molecule has 2 aliphatic rings. The zero-order valence-corrected chi connectivity index (χ0v) is 12.9. The highest BCUT2D eigenvalue weighted by Crippen LogP contribution is 2.53. The summed E-state index contributed by atoms with van der Waals surface area (Å²) in [5, 5.41) is 0. The van der Waals surface area contributed by atoms with Crippen LogP contribution in [-0.2, 0) is 4.74 Å². The van der Waals surface area contributed by atoms with E-state index in [1.165, 1.54) is 16.8 Å². The van der Waals surface area contributed by atoms with Gasteiger partial charge in [-0.05, 0) is 41.8 Å². The summed E-state index contributed by atoms with van der Waals surface area (Å²) in [7, 11) is 4.09. The molecule has 0 spiro atoms. The first-order valence-electron chi connectivity index (χ1n) is 7.75. The maximum absolute atomic E-state index is 6.09. The minimum atomic E-state index is 0.162. The lowest BCUT2D eigenvalue weighted by atomic mass is 9.84. The van der Waals surface area contributed by atoms with E-state index in [-0.39, 0.29) is 12.2 Å². The Morgan fingerprint density at radius 3 is 2.45 bits per heavy atom. The molecule has 22 heavy (non-hydrogen) atoms. The van der Waals surface area contributed by atoms with E-state index in [2.05, 4.69) is 65.3 Å². The third-order valence-corrected chi connectivity index (χ3v) is 4.58. The molecule has 0 aromatic heterocycles. The van der Waals surface area contributed by atoms with Gasteiger partial charge in [0.2, 0.25) is 0 Å². The molecule has 1 saturated heterocycles. The molecule has 1 fully saturated rings. The predicted octanol–water partition coefficient (Wildman–Crippen LogP) is 3.94. The molecule has 3 atom stereocenters. The first kappa shape index (κ1) is 13.4. The van der Waals surface area contributed by atoms with Crippen LogP contribution >= 0.6 is 0 Å². The van der Waals surface area contributed by atoms with Gasteiger partial charge in [0.05, 0.1) is 18.1 Å². The van der Waals surface area contributed by atoms with Gasteiger partial charge in [0.25, 0.3) is 0 Å². The summed E-state index contributed by atoms with van der Waals surface area (Å²) in [6, 6.07) is 16.9. The molecular weight excluding hydrogens is 270 g/mol. The standard InChI is InChI=1S/C20H19NO/c1-21(2)16-11-8-14(9-12-16)7-10-15-13-19-17-5-3-4-6-18(17)20(15)22-19/h3-6,8-9,11-12,15,19-20H,13H2,1-2H3/t15?,19-,20+/m1/s1. The van der Waals surface area contributed by atoms with Crippen molar-refractivity contribution in [2.45, 2.75) is 18.6 Å². The molecule has 0 amide bonds. The second kappa shape index (κ2) is 5.19. The summed E-state index contributed by atoms with van der Waals surface area (Å²) in [6.07, 6.45) is 1.43. The van der Waals surface area contributed by atoms with E-state index in [1.54, 1.807) is 0 Å². The molecule has 0 saturated carbocycles. The van der Waals surface area contributed by atoms with Crippen molar-refractivity contribution < 1.29 is 4.74 Å². The van der Waals surface area contributed by atoms with E-state index in [1.807, 2.05) is 14.1 Å². The van der Waals surface area contributed by atoms with Gasteiger partial charge in [-0.3, -0.25) is 0 Å². The monoisotopic (exact) mass is 289 g/mol. The molecule has 110 valence electrons. The highest BCUT2D eigenvalue weighted by molar-refractivity contribution is 5.50. The largest absolute Gasteiger partial charge is 0.378 e. The van der Waals surface area contributed by atoms with Crippen LogP contribution in [-0.4, -0.2) is 14.1 Å². The number of anilines is 1. The minimum absolute atomic E-state index is 0.162. The van der Waals surface area contributed by atoms with Crippen molar-refractivity contribution in [1.29, 1.82) is 0 Å². The van der Waals surface area contributed by atoms with Crippen LogP contribution in [0, 0.1) is 17.8 Å². The van der Waals surface area contributed by atoms with Gasteiger partial charge >= 0.3 is 0 Å². The maximum atomic E-state index is 6.09. The Morgan fingerprint density at radius 1 is 1.00 bits per heavy atom. The highest BCUT2D eigenvalue weighted by Gasteiger charge is 2.44. The second-order valence-corrected chi connectivity index (χ2v) is 6.23. The second-order valence-electron chi connectivity index (χ2n) is 6.23. The Hall–Kier alpha value is -2.24. The van der Waals surface area contributed by atoms with Crippen LogP contribution in [0.15, 0.2) is 48.5 Å². The van der Waals surface area contributed by atoms with Crippen LogP contribution in [0.5, 0.6) is 0 Å². The molecule has 2 bridgehead atoms. The first-order chi connectivity index (χ1) is 10.7. The van der Waals surface area contributed by atoms with Crippen LogP contribution in [0.3, 0.4) is 0 Å². The van der Waals surface area contributed by atoms with Gasteiger partial charge in [-0.25, -0.2) is 0 Å². The molecule has 2 heterocycles. The van der Waals surface area contributed by atoms with Crippen LogP contribution in [0.25, 0.3) is 0 Å². The van der Waals surface area contributed by atoms with E-state index in [0.717, 1.165) is 12.0 Å². The van der Waals surface area contributed by atoms with Crippen molar-refractivity contribution in [2.24, 2.45) is 5.92 Å². The molecule has 2 nitrogen and oxygen atoms in total. The number of hydrogen-bond acceptors (Lipinski definition) is 2. The molecule has 2 aromatic carbocycles. The van der Waals surface area contributed by atoms with Crippen molar-refractivity contribution in [3.8, 4) is 11.8 Å². The fourth-order valence-corrected chi connectivity index (χ4v) is 3.39. The summed E-state index contributed by atoms with van der Waals surface area (Å²) in [4.78, 5) is 2.10. The number of benzene rings is 2. The third kappa shape index (κ3) is 2.19. The van der Waals surface area contributed by atoms with Gasteiger partial charge in [-0.2, -0.15) is 0 Å². The lowest BCUT2D eigenvalue weighted by Gasteiger charge is -2.16. The summed E-state index contributed by atoms with van der Waals surface area (Å²) >= 11 is 0. The fraction of sp³-hybridized carbons (Fsp3) is 0.300. The van der Waals surface area contributed by atoms with Crippen LogP contribution in [0.1, 0.15) is 35.3 Å². The summed E-state index contributed by atoms with van der Waals surface area (Å²) < 4.78 is 6.09. The Morgan fingerprint density at radius 2 is 1.73 bits per heavy atom. The van der Waals surface area contributed by atoms with E-state index < -0.39 is 0 Å². The Bertz CT molecular complexity index is 751. The van der Waals surface area contributed by atoms with Crippen LogP contribution < -0.4 is 4.90 Å². The molecule has 0 aliphatic carbocycles. The van der Waals surface area contributed by atoms with E-state index >= 15 is 0 Å². The van der Waals surface area contributed by atoms with Crippen LogP contribution in [0.4, 0.5) is 5.69 Å². The zero-order chi connectivity index (χ0) is 15.1. The van der Waals surface area contributed by atoms with E-state index in [4.69, 9.17) is 4.74 Å². The highest BCUT2D eigenvalue weighted by atomic mass is 16.5. The molecular formula is C20H19NO. The smallest absolute Gasteiger partial charge is 0.0975 e. The number of ether oxygens (including phenoxy) is 1. The molecule has 2 aromatic rings.